The van der Waals surface area contributed by atoms with E-state index < -0.39 is 0 Å². The van der Waals surface area contributed by atoms with E-state index in [4.69, 9.17) is 19.5 Å². The van der Waals surface area contributed by atoms with Gasteiger partial charge < -0.3 is 19.5 Å². The molecule has 0 radical (unpaired) electrons. The molecule has 0 aliphatic carbocycles. The summed E-state index contributed by atoms with van der Waals surface area (Å²) in [5.41, 5.74) is 2.33. The zero-order valence-electron chi connectivity index (χ0n) is 16.8. The first kappa shape index (κ1) is 20.7. The molecule has 0 aliphatic rings. The second-order valence-corrected chi connectivity index (χ2v) is 6.52. The van der Waals surface area contributed by atoms with E-state index in [0.29, 0.717) is 29.4 Å². The van der Waals surface area contributed by atoms with Crippen LogP contribution in [0.2, 0.25) is 0 Å². The van der Waals surface area contributed by atoms with Crippen molar-refractivity contribution in [2.75, 3.05) is 13.7 Å². The number of para-hydroxylation sites is 2. The first-order valence-corrected chi connectivity index (χ1v) is 9.39. The quantitative estimate of drug-likeness (QED) is 0.605. The number of carbonyl (C=O) groups excluding carboxylic acids is 1. The van der Waals surface area contributed by atoms with Crippen LogP contribution in [0.15, 0.2) is 66.7 Å². The summed E-state index contributed by atoms with van der Waals surface area (Å²) in [5.74, 6) is 1.97. The number of nitrogens with zero attached hydrogens (tertiary/aromatic N) is 1. The second-order valence-electron chi connectivity index (χ2n) is 6.52. The molecular weight excluding hydrogens is 380 g/mol. The maximum Gasteiger partial charge on any atom is 0.258 e. The summed E-state index contributed by atoms with van der Waals surface area (Å²) in [7, 11) is 1.48. The van der Waals surface area contributed by atoms with E-state index >= 15 is 0 Å². The lowest BCUT2D eigenvalue weighted by molar-refractivity contribution is -0.123. The number of rotatable bonds is 8. The molecule has 3 aromatic carbocycles. The smallest absolute Gasteiger partial charge is 0.258 e. The van der Waals surface area contributed by atoms with E-state index in [2.05, 4.69) is 5.32 Å². The van der Waals surface area contributed by atoms with Gasteiger partial charge >= 0.3 is 0 Å². The minimum absolute atomic E-state index is 0.178. The number of nitrogens with one attached hydrogen (secondary N) is 1. The number of methoxy groups -OCH3 is 1. The average molecular weight is 402 g/mol. The summed E-state index contributed by atoms with van der Waals surface area (Å²) in [6.07, 6.45) is 0. The SMILES string of the molecule is COc1cc(C#N)ccc1OCC(=O)NCc1ccccc1Oc1ccccc1C. The number of carbonyl (C=O) groups is 1. The Kier molecular flexibility index (Phi) is 6.91. The zero-order chi connectivity index (χ0) is 21.3. The molecule has 0 bridgehead atoms. The summed E-state index contributed by atoms with van der Waals surface area (Å²) in [6.45, 7) is 2.10. The van der Waals surface area contributed by atoms with Gasteiger partial charge in [0.25, 0.3) is 5.91 Å². The highest BCUT2D eigenvalue weighted by atomic mass is 16.5. The first-order chi connectivity index (χ1) is 14.6. The fourth-order valence-corrected chi connectivity index (χ4v) is 2.78. The highest BCUT2D eigenvalue weighted by molar-refractivity contribution is 5.77. The van der Waals surface area contributed by atoms with Crippen molar-refractivity contribution >= 4 is 5.91 Å². The predicted octanol–water partition coefficient (Wildman–Crippen LogP) is 4.36. The van der Waals surface area contributed by atoms with Crippen molar-refractivity contribution in [1.82, 2.24) is 5.32 Å². The lowest BCUT2D eigenvalue weighted by atomic mass is 10.2. The van der Waals surface area contributed by atoms with E-state index in [-0.39, 0.29) is 12.5 Å². The van der Waals surface area contributed by atoms with Crippen LogP contribution in [0.4, 0.5) is 0 Å². The van der Waals surface area contributed by atoms with Crippen LogP contribution in [0.5, 0.6) is 23.0 Å². The van der Waals surface area contributed by atoms with Crippen LogP contribution in [0.3, 0.4) is 0 Å². The summed E-state index contributed by atoms with van der Waals surface area (Å²) in [6, 6.07) is 22.1. The lowest BCUT2D eigenvalue weighted by Crippen LogP contribution is -2.28. The highest BCUT2D eigenvalue weighted by Gasteiger charge is 2.11. The number of hydrogen-bond donors (Lipinski definition) is 1. The molecule has 6 heteroatoms. The number of aryl methyl sites for hydroxylation is 1. The number of hydrogen-bond acceptors (Lipinski definition) is 5. The fourth-order valence-electron chi connectivity index (χ4n) is 2.78. The fraction of sp³-hybridized carbons (Fsp3) is 0.167. The maximum absolute atomic E-state index is 12.3. The molecule has 30 heavy (non-hydrogen) atoms. The van der Waals surface area contributed by atoms with Crippen LogP contribution in [0.1, 0.15) is 16.7 Å². The third-order valence-electron chi connectivity index (χ3n) is 4.41. The molecule has 0 spiro atoms. The average Bonchev–Trinajstić information content (AvgIpc) is 2.78. The van der Waals surface area contributed by atoms with Gasteiger partial charge in [-0.1, -0.05) is 36.4 Å². The number of ether oxygens (including phenoxy) is 3. The second kappa shape index (κ2) is 9.99. The molecule has 0 saturated carbocycles. The molecule has 0 fully saturated rings. The Labute approximate surface area is 175 Å². The molecule has 1 amide bonds. The summed E-state index contributed by atoms with van der Waals surface area (Å²) in [5, 5.41) is 11.8. The van der Waals surface area contributed by atoms with Crippen LogP contribution < -0.4 is 19.5 Å². The van der Waals surface area contributed by atoms with Crippen molar-refractivity contribution in [1.29, 1.82) is 5.26 Å². The lowest BCUT2D eigenvalue weighted by Gasteiger charge is -2.14. The largest absolute Gasteiger partial charge is 0.493 e. The summed E-state index contributed by atoms with van der Waals surface area (Å²) < 4.78 is 16.8. The normalized spacial score (nSPS) is 10.0. The topological polar surface area (TPSA) is 80.6 Å². The molecule has 6 nitrogen and oxygen atoms in total. The Bertz CT molecular complexity index is 1070. The Morgan fingerprint density at radius 2 is 1.70 bits per heavy atom. The summed E-state index contributed by atoms with van der Waals surface area (Å²) in [4.78, 5) is 12.3. The molecule has 3 rings (SSSR count). The Hall–Kier alpha value is -3.98. The molecule has 0 atom stereocenters. The van der Waals surface area contributed by atoms with E-state index in [1.807, 2.05) is 61.5 Å². The molecule has 0 heterocycles. The monoisotopic (exact) mass is 402 g/mol. The van der Waals surface area contributed by atoms with Gasteiger partial charge in [-0.3, -0.25) is 4.79 Å². The number of amides is 1. The molecule has 0 saturated heterocycles. The summed E-state index contributed by atoms with van der Waals surface area (Å²) >= 11 is 0. The van der Waals surface area contributed by atoms with E-state index in [9.17, 15) is 4.79 Å². The third-order valence-corrected chi connectivity index (χ3v) is 4.41. The molecule has 152 valence electrons. The molecule has 0 aromatic heterocycles. The van der Waals surface area contributed by atoms with Crippen molar-refractivity contribution < 1.29 is 19.0 Å². The van der Waals surface area contributed by atoms with Crippen LogP contribution in [-0.4, -0.2) is 19.6 Å². The maximum atomic E-state index is 12.3. The van der Waals surface area contributed by atoms with Crippen molar-refractivity contribution in [2.45, 2.75) is 13.5 Å². The van der Waals surface area contributed by atoms with Crippen molar-refractivity contribution in [3.63, 3.8) is 0 Å². The minimum Gasteiger partial charge on any atom is -0.493 e. The first-order valence-electron chi connectivity index (χ1n) is 9.39. The van der Waals surface area contributed by atoms with Gasteiger partial charge in [0.1, 0.15) is 11.5 Å². The van der Waals surface area contributed by atoms with Crippen LogP contribution in [0.25, 0.3) is 0 Å². The van der Waals surface area contributed by atoms with Gasteiger partial charge in [-0.25, -0.2) is 0 Å². The minimum atomic E-state index is -0.285. The van der Waals surface area contributed by atoms with Crippen LogP contribution in [0, 0.1) is 18.3 Å². The van der Waals surface area contributed by atoms with Gasteiger partial charge in [-0.15, -0.1) is 0 Å². The number of benzene rings is 3. The molecule has 1 N–H and O–H groups in total. The standard InChI is InChI=1S/C24H22N2O4/c1-17-7-3-5-9-20(17)30-21-10-6-4-8-19(21)15-26-24(27)16-29-22-12-11-18(14-25)13-23(22)28-2/h3-13H,15-16H2,1-2H3,(H,26,27). The van der Waals surface area contributed by atoms with Crippen LogP contribution >= 0.6 is 0 Å². The number of nitriles is 1. The molecule has 0 unspecified atom stereocenters. The van der Waals surface area contributed by atoms with Crippen molar-refractivity contribution in [3.8, 4) is 29.1 Å². The molecular formula is C24H22N2O4. The Balaban J connectivity index is 1.59. The van der Waals surface area contributed by atoms with Crippen molar-refractivity contribution in [3.05, 3.63) is 83.4 Å². The van der Waals surface area contributed by atoms with Gasteiger partial charge in [0.05, 0.1) is 18.7 Å². The van der Waals surface area contributed by atoms with Crippen LogP contribution in [-0.2, 0) is 11.3 Å². The molecule has 3 aromatic rings. The van der Waals surface area contributed by atoms with E-state index in [1.165, 1.54) is 7.11 Å². The van der Waals surface area contributed by atoms with E-state index in [1.54, 1.807) is 18.2 Å². The van der Waals surface area contributed by atoms with Gasteiger partial charge in [0.2, 0.25) is 0 Å². The zero-order valence-corrected chi connectivity index (χ0v) is 16.8. The third kappa shape index (κ3) is 5.30. The van der Waals surface area contributed by atoms with Gasteiger partial charge in [0, 0.05) is 18.2 Å². The Morgan fingerprint density at radius 3 is 2.43 bits per heavy atom. The van der Waals surface area contributed by atoms with Gasteiger partial charge in [-0.05, 0) is 36.8 Å². The molecule has 0 aliphatic heterocycles. The van der Waals surface area contributed by atoms with Crippen molar-refractivity contribution in [2.24, 2.45) is 0 Å². The van der Waals surface area contributed by atoms with Gasteiger partial charge in [-0.2, -0.15) is 5.26 Å². The Morgan fingerprint density at radius 1 is 0.967 bits per heavy atom. The van der Waals surface area contributed by atoms with Gasteiger partial charge in [0.15, 0.2) is 18.1 Å². The predicted molar refractivity (Wildman–Crippen MR) is 113 cm³/mol. The van der Waals surface area contributed by atoms with E-state index in [0.717, 1.165) is 16.9 Å². The highest BCUT2D eigenvalue weighted by Crippen LogP contribution is 2.28.